The Morgan fingerprint density at radius 2 is 2.11 bits per heavy atom. The molecule has 6 nitrogen and oxygen atoms in total. The molecule has 2 atom stereocenters. The Kier molecular flexibility index (Phi) is 3.34. The third-order valence-corrected chi connectivity index (χ3v) is 3.35. The zero-order chi connectivity index (χ0) is 14.2. The Labute approximate surface area is 112 Å². The second-order valence-electron chi connectivity index (χ2n) is 5.94. The van der Waals surface area contributed by atoms with E-state index in [-0.39, 0.29) is 23.8 Å². The van der Waals surface area contributed by atoms with Gasteiger partial charge in [0.15, 0.2) is 0 Å². The molecule has 2 rings (SSSR count). The van der Waals surface area contributed by atoms with Crippen LogP contribution in [0.2, 0.25) is 0 Å². The van der Waals surface area contributed by atoms with E-state index in [4.69, 9.17) is 4.52 Å². The zero-order valence-electron chi connectivity index (χ0n) is 11.6. The Balaban J connectivity index is 2.24. The largest absolute Gasteiger partial charge is 0.364 e. The minimum atomic E-state index is -0.511. The van der Waals surface area contributed by atoms with Crippen LogP contribution in [0.5, 0.6) is 0 Å². The van der Waals surface area contributed by atoms with Crippen LogP contribution in [0.4, 0.5) is 0 Å². The minimum absolute atomic E-state index is 0.0809. The van der Waals surface area contributed by atoms with Crippen LogP contribution in [0.3, 0.4) is 0 Å². The lowest BCUT2D eigenvalue weighted by molar-refractivity contribution is -0.152. The van der Waals surface area contributed by atoms with E-state index in [2.05, 4.69) is 10.5 Å². The summed E-state index contributed by atoms with van der Waals surface area (Å²) < 4.78 is 4.76. The number of carbonyl (C=O) groups is 2. The van der Waals surface area contributed by atoms with Gasteiger partial charge in [-0.2, -0.15) is 0 Å². The standard InChI is InChI=1S/C13H19N3O3/c1-8-11(17)14-10(13(2,3)4)12(18)16(8)7-9-5-6-19-15-9/h5-6,8,10H,7H2,1-4H3,(H,14,17). The normalized spacial score (nSPS) is 24.5. The molecule has 1 aromatic rings. The van der Waals surface area contributed by atoms with Crippen molar-refractivity contribution in [1.82, 2.24) is 15.4 Å². The summed E-state index contributed by atoms with van der Waals surface area (Å²) in [6.45, 7) is 7.79. The first-order valence-corrected chi connectivity index (χ1v) is 6.31. The molecule has 1 N–H and O–H groups in total. The molecule has 0 aliphatic carbocycles. The van der Waals surface area contributed by atoms with Crippen LogP contribution < -0.4 is 5.32 Å². The first-order valence-electron chi connectivity index (χ1n) is 6.31. The maximum atomic E-state index is 12.5. The van der Waals surface area contributed by atoms with E-state index in [0.717, 1.165) is 0 Å². The Bertz CT molecular complexity index is 476. The van der Waals surface area contributed by atoms with Gasteiger partial charge in [-0.25, -0.2) is 0 Å². The van der Waals surface area contributed by atoms with Gasteiger partial charge in [0.1, 0.15) is 24.0 Å². The van der Waals surface area contributed by atoms with Crippen LogP contribution in [0, 0.1) is 5.41 Å². The Morgan fingerprint density at radius 3 is 2.63 bits per heavy atom. The van der Waals surface area contributed by atoms with Crippen molar-refractivity contribution in [3.8, 4) is 0 Å². The van der Waals surface area contributed by atoms with E-state index in [1.807, 2.05) is 20.8 Å². The molecule has 0 spiro atoms. The molecule has 2 amide bonds. The molecule has 1 aliphatic heterocycles. The van der Waals surface area contributed by atoms with Crippen molar-refractivity contribution >= 4 is 11.8 Å². The molecule has 2 unspecified atom stereocenters. The summed E-state index contributed by atoms with van der Waals surface area (Å²) in [4.78, 5) is 26.0. The fourth-order valence-electron chi connectivity index (χ4n) is 2.12. The van der Waals surface area contributed by atoms with Gasteiger partial charge in [-0.3, -0.25) is 9.59 Å². The smallest absolute Gasteiger partial charge is 0.246 e. The second-order valence-corrected chi connectivity index (χ2v) is 5.94. The number of nitrogens with one attached hydrogen (secondary N) is 1. The highest BCUT2D eigenvalue weighted by atomic mass is 16.5. The average Bonchev–Trinajstić information content (AvgIpc) is 2.80. The SMILES string of the molecule is CC1C(=O)NC(C(C)(C)C)C(=O)N1Cc1ccon1. The number of aromatic nitrogens is 1. The monoisotopic (exact) mass is 265 g/mol. The number of amides is 2. The second kappa shape index (κ2) is 4.68. The van der Waals surface area contributed by atoms with Gasteiger partial charge in [-0.15, -0.1) is 0 Å². The summed E-state index contributed by atoms with van der Waals surface area (Å²) in [6.07, 6.45) is 1.45. The van der Waals surface area contributed by atoms with Crippen LogP contribution in [-0.2, 0) is 16.1 Å². The molecule has 0 bridgehead atoms. The molecule has 0 aromatic carbocycles. The summed E-state index contributed by atoms with van der Waals surface area (Å²) in [7, 11) is 0. The predicted molar refractivity (Wildman–Crippen MR) is 67.9 cm³/mol. The summed E-state index contributed by atoms with van der Waals surface area (Å²) in [5.41, 5.74) is 0.317. The number of hydrogen-bond donors (Lipinski definition) is 1. The van der Waals surface area contributed by atoms with E-state index in [1.54, 1.807) is 17.9 Å². The maximum Gasteiger partial charge on any atom is 0.246 e. The molecule has 19 heavy (non-hydrogen) atoms. The summed E-state index contributed by atoms with van der Waals surface area (Å²) in [5, 5.41) is 6.58. The summed E-state index contributed by atoms with van der Waals surface area (Å²) in [6, 6.07) is 0.685. The molecule has 6 heteroatoms. The van der Waals surface area contributed by atoms with E-state index in [0.29, 0.717) is 5.69 Å². The highest BCUT2D eigenvalue weighted by molar-refractivity contribution is 5.97. The van der Waals surface area contributed by atoms with Gasteiger partial charge < -0.3 is 14.7 Å². The molecule has 1 fully saturated rings. The first-order chi connectivity index (χ1) is 8.80. The Morgan fingerprint density at radius 1 is 1.42 bits per heavy atom. The zero-order valence-corrected chi connectivity index (χ0v) is 11.6. The number of hydrogen-bond acceptors (Lipinski definition) is 4. The molecular weight excluding hydrogens is 246 g/mol. The molecule has 2 heterocycles. The minimum Gasteiger partial charge on any atom is -0.364 e. The van der Waals surface area contributed by atoms with Crippen LogP contribution in [-0.4, -0.2) is 34.0 Å². The lowest BCUT2D eigenvalue weighted by atomic mass is 9.84. The van der Waals surface area contributed by atoms with Crippen molar-refractivity contribution in [3.63, 3.8) is 0 Å². The molecular formula is C13H19N3O3. The van der Waals surface area contributed by atoms with Crippen molar-refractivity contribution in [2.45, 2.75) is 46.3 Å². The molecule has 1 aliphatic rings. The van der Waals surface area contributed by atoms with Crippen LogP contribution >= 0.6 is 0 Å². The van der Waals surface area contributed by atoms with E-state index in [9.17, 15) is 9.59 Å². The van der Waals surface area contributed by atoms with Gasteiger partial charge in [0.2, 0.25) is 11.8 Å². The predicted octanol–water partition coefficient (Wildman–Crippen LogP) is 0.936. The first kappa shape index (κ1) is 13.6. The van der Waals surface area contributed by atoms with Gasteiger partial charge in [0, 0.05) is 6.07 Å². The highest BCUT2D eigenvalue weighted by Crippen LogP contribution is 2.25. The van der Waals surface area contributed by atoms with Gasteiger partial charge >= 0.3 is 0 Å². The third-order valence-electron chi connectivity index (χ3n) is 3.35. The molecule has 1 saturated heterocycles. The van der Waals surface area contributed by atoms with Crippen LogP contribution in [0.25, 0.3) is 0 Å². The lowest BCUT2D eigenvalue weighted by Gasteiger charge is -2.41. The van der Waals surface area contributed by atoms with Gasteiger partial charge in [-0.05, 0) is 12.3 Å². The fourth-order valence-corrected chi connectivity index (χ4v) is 2.12. The van der Waals surface area contributed by atoms with Gasteiger partial charge in [-0.1, -0.05) is 25.9 Å². The van der Waals surface area contributed by atoms with E-state index >= 15 is 0 Å². The summed E-state index contributed by atoms with van der Waals surface area (Å²) in [5.74, 6) is -0.217. The lowest BCUT2D eigenvalue weighted by Crippen LogP contribution is -2.65. The number of piperazine rings is 1. The Hall–Kier alpha value is -1.85. The molecule has 0 radical (unpaired) electrons. The molecule has 104 valence electrons. The average molecular weight is 265 g/mol. The van der Waals surface area contributed by atoms with Gasteiger partial charge in [0.05, 0.1) is 6.54 Å². The third kappa shape index (κ3) is 2.62. The fraction of sp³-hybridized carbons (Fsp3) is 0.615. The van der Waals surface area contributed by atoms with E-state index in [1.165, 1.54) is 6.26 Å². The van der Waals surface area contributed by atoms with Crippen molar-refractivity contribution < 1.29 is 14.1 Å². The molecule has 1 aromatic heterocycles. The van der Waals surface area contributed by atoms with Crippen molar-refractivity contribution in [1.29, 1.82) is 0 Å². The topological polar surface area (TPSA) is 75.4 Å². The van der Waals surface area contributed by atoms with Crippen LogP contribution in [0.15, 0.2) is 16.9 Å². The quantitative estimate of drug-likeness (QED) is 0.863. The van der Waals surface area contributed by atoms with Crippen molar-refractivity contribution in [2.24, 2.45) is 5.41 Å². The number of rotatable bonds is 2. The van der Waals surface area contributed by atoms with Gasteiger partial charge in [0.25, 0.3) is 0 Å². The van der Waals surface area contributed by atoms with E-state index < -0.39 is 12.1 Å². The molecule has 0 saturated carbocycles. The van der Waals surface area contributed by atoms with Crippen LogP contribution in [0.1, 0.15) is 33.4 Å². The maximum absolute atomic E-state index is 12.5. The summed E-state index contributed by atoms with van der Waals surface area (Å²) >= 11 is 0. The van der Waals surface area contributed by atoms with Crippen molar-refractivity contribution in [3.05, 3.63) is 18.0 Å². The number of nitrogens with zero attached hydrogens (tertiary/aromatic N) is 2. The number of carbonyl (C=O) groups excluding carboxylic acids is 2. The highest BCUT2D eigenvalue weighted by Gasteiger charge is 2.43. The van der Waals surface area contributed by atoms with Crippen molar-refractivity contribution in [2.75, 3.05) is 0 Å².